The molecule has 0 fully saturated rings. The molecule has 5 rings (SSSR count). The van der Waals surface area contributed by atoms with Crippen LogP contribution >= 0.6 is 11.6 Å². The molecule has 0 spiro atoms. The van der Waals surface area contributed by atoms with Gasteiger partial charge < -0.3 is 15.2 Å². The minimum Gasteiger partial charge on any atom is -0.493 e. The standard InChI is InChI=1S/C30H25ClN4O4/c31-21-9-6-19(7-10-21)29-25(3-1-2-4-28(36)37)33-26-16-20(8-12-24(26)34-29)30(38)35-23-13-14-39-27-15-18(17-32)5-11-22(23)27/h5-12,15-16,23H,1-4,13-14H2,(H,35,38)(H,36,37)/t23-/m0/s1. The summed E-state index contributed by atoms with van der Waals surface area (Å²) in [6.45, 7) is 0.439. The number of nitriles is 1. The first-order valence-corrected chi connectivity index (χ1v) is 13.0. The van der Waals surface area contributed by atoms with Gasteiger partial charge in [-0.3, -0.25) is 9.59 Å². The number of aryl methyl sites for hydroxylation is 1. The van der Waals surface area contributed by atoms with Gasteiger partial charge in [-0.25, -0.2) is 9.97 Å². The number of hydrogen-bond acceptors (Lipinski definition) is 6. The number of nitrogens with zero attached hydrogens (tertiary/aromatic N) is 3. The van der Waals surface area contributed by atoms with Gasteiger partial charge in [-0.15, -0.1) is 0 Å². The average molecular weight is 541 g/mol. The smallest absolute Gasteiger partial charge is 0.303 e. The highest BCUT2D eigenvalue weighted by Crippen LogP contribution is 2.33. The number of aliphatic carboxylic acids is 1. The van der Waals surface area contributed by atoms with Crippen molar-refractivity contribution < 1.29 is 19.4 Å². The van der Waals surface area contributed by atoms with E-state index in [1.807, 2.05) is 18.2 Å². The molecule has 3 aromatic carbocycles. The number of amides is 1. The molecule has 1 aliphatic heterocycles. The molecule has 0 unspecified atom stereocenters. The van der Waals surface area contributed by atoms with Crippen molar-refractivity contribution in [1.29, 1.82) is 5.26 Å². The summed E-state index contributed by atoms with van der Waals surface area (Å²) in [4.78, 5) is 33.9. The Morgan fingerprint density at radius 3 is 2.64 bits per heavy atom. The van der Waals surface area contributed by atoms with Crippen LogP contribution < -0.4 is 10.1 Å². The first-order valence-electron chi connectivity index (χ1n) is 12.7. The lowest BCUT2D eigenvalue weighted by Gasteiger charge is -2.27. The number of nitrogens with one attached hydrogen (secondary N) is 1. The molecule has 4 aromatic rings. The van der Waals surface area contributed by atoms with Gasteiger partial charge in [-0.2, -0.15) is 5.26 Å². The normalized spacial score (nSPS) is 14.2. The van der Waals surface area contributed by atoms with E-state index in [9.17, 15) is 9.59 Å². The lowest BCUT2D eigenvalue weighted by atomic mass is 9.98. The maximum Gasteiger partial charge on any atom is 0.303 e. The van der Waals surface area contributed by atoms with Crippen LogP contribution in [-0.2, 0) is 11.2 Å². The predicted molar refractivity (Wildman–Crippen MR) is 147 cm³/mol. The number of halogens is 1. The van der Waals surface area contributed by atoms with E-state index >= 15 is 0 Å². The summed E-state index contributed by atoms with van der Waals surface area (Å²) in [6, 6.07) is 19.7. The van der Waals surface area contributed by atoms with Crippen LogP contribution in [0, 0.1) is 11.3 Å². The van der Waals surface area contributed by atoms with Crippen LogP contribution in [0.15, 0.2) is 60.7 Å². The van der Waals surface area contributed by atoms with Crippen LogP contribution in [0.2, 0.25) is 5.02 Å². The SMILES string of the molecule is N#Cc1ccc2c(c1)OCC[C@@H]2NC(=O)c1ccc2nc(-c3ccc(Cl)cc3)c(CCCCC(=O)O)nc2c1. The van der Waals surface area contributed by atoms with Crippen molar-refractivity contribution >= 4 is 34.5 Å². The van der Waals surface area contributed by atoms with Crippen LogP contribution in [0.4, 0.5) is 0 Å². The second-order valence-corrected chi connectivity index (χ2v) is 9.79. The highest BCUT2D eigenvalue weighted by atomic mass is 35.5. The molecule has 8 nitrogen and oxygen atoms in total. The zero-order valence-electron chi connectivity index (χ0n) is 21.0. The molecule has 0 saturated heterocycles. The van der Waals surface area contributed by atoms with Crippen molar-refractivity contribution in [3.63, 3.8) is 0 Å². The quantitative estimate of drug-likeness (QED) is 0.267. The van der Waals surface area contributed by atoms with Crippen LogP contribution in [0.3, 0.4) is 0 Å². The summed E-state index contributed by atoms with van der Waals surface area (Å²) in [6.07, 6.45) is 2.43. The van der Waals surface area contributed by atoms with Gasteiger partial charge in [0, 0.05) is 34.6 Å². The molecule has 0 saturated carbocycles. The van der Waals surface area contributed by atoms with Crippen molar-refractivity contribution in [3.8, 4) is 23.1 Å². The van der Waals surface area contributed by atoms with Crippen molar-refractivity contribution in [2.75, 3.05) is 6.61 Å². The predicted octanol–water partition coefficient (Wildman–Crippen LogP) is 5.87. The van der Waals surface area contributed by atoms with Gasteiger partial charge in [0.15, 0.2) is 0 Å². The van der Waals surface area contributed by atoms with Gasteiger partial charge in [0.05, 0.1) is 46.7 Å². The summed E-state index contributed by atoms with van der Waals surface area (Å²) in [5.74, 6) is -0.464. The first kappa shape index (κ1) is 26.1. The van der Waals surface area contributed by atoms with Crippen LogP contribution in [-0.4, -0.2) is 33.6 Å². The van der Waals surface area contributed by atoms with Crippen molar-refractivity contribution in [3.05, 3.63) is 88.1 Å². The highest BCUT2D eigenvalue weighted by molar-refractivity contribution is 6.30. The van der Waals surface area contributed by atoms with Crippen LogP contribution in [0.5, 0.6) is 5.75 Å². The Morgan fingerprint density at radius 1 is 1.05 bits per heavy atom. The number of benzene rings is 3. The number of rotatable bonds is 8. The van der Waals surface area contributed by atoms with E-state index < -0.39 is 5.97 Å². The molecule has 2 heterocycles. The molecule has 1 amide bonds. The summed E-state index contributed by atoms with van der Waals surface area (Å²) >= 11 is 6.08. The fourth-order valence-electron chi connectivity index (χ4n) is 4.66. The molecule has 9 heteroatoms. The largest absolute Gasteiger partial charge is 0.493 e. The molecule has 1 atom stereocenters. The number of carbonyl (C=O) groups excluding carboxylic acids is 1. The van der Waals surface area contributed by atoms with E-state index in [4.69, 9.17) is 36.7 Å². The monoisotopic (exact) mass is 540 g/mol. The van der Waals surface area contributed by atoms with Gasteiger partial charge in [0.2, 0.25) is 0 Å². The van der Waals surface area contributed by atoms with Gasteiger partial charge in [-0.1, -0.05) is 29.8 Å². The summed E-state index contributed by atoms with van der Waals surface area (Å²) < 4.78 is 5.70. The Bertz CT molecular complexity index is 1600. The van der Waals surface area contributed by atoms with Crippen LogP contribution in [0.1, 0.15) is 58.9 Å². The molecule has 1 aromatic heterocycles. The molecule has 0 aliphatic carbocycles. The average Bonchev–Trinajstić information content (AvgIpc) is 2.94. The van der Waals surface area contributed by atoms with Gasteiger partial charge in [0.1, 0.15) is 5.75 Å². The number of carboxylic acid groups (broad SMARTS) is 1. The first-order chi connectivity index (χ1) is 18.9. The number of ether oxygens (including phenoxy) is 1. The fourth-order valence-corrected chi connectivity index (χ4v) is 4.79. The molecule has 0 bridgehead atoms. The number of fused-ring (bicyclic) bond motifs is 2. The van der Waals surface area contributed by atoms with E-state index in [1.54, 1.807) is 42.5 Å². The topological polar surface area (TPSA) is 125 Å². The van der Waals surface area contributed by atoms with Crippen molar-refractivity contribution in [2.45, 2.75) is 38.1 Å². The Hall–Kier alpha value is -4.48. The lowest BCUT2D eigenvalue weighted by Crippen LogP contribution is -2.32. The van der Waals surface area contributed by atoms with E-state index in [0.29, 0.717) is 70.9 Å². The minimum absolute atomic E-state index is 0.0920. The lowest BCUT2D eigenvalue weighted by molar-refractivity contribution is -0.137. The maximum absolute atomic E-state index is 13.2. The third-order valence-corrected chi connectivity index (χ3v) is 6.91. The second kappa shape index (κ2) is 11.5. The zero-order chi connectivity index (χ0) is 27.4. The number of carboxylic acids is 1. The molecule has 196 valence electrons. The summed E-state index contributed by atoms with van der Waals surface area (Å²) in [5, 5.41) is 21.9. The fraction of sp³-hybridized carbons (Fsp3) is 0.233. The summed E-state index contributed by atoms with van der Waals surface area (Å²) in [5.41, 5.74) is 5.33. The van der Waals surface area contributed by atoms with E-state index in [0.717, 1.165) is 16.8 Å². The van der Waals surface area contributed by atoms with Crippen molar-refractivity contribution in [2.24, 2.45) is 0 Å². The van der Waals surface area contributed by atoms with E-state index in [1.165, 1.54) is 0 Å². The third-order valence-electron chi connectivity index (χ3n) is 6.66. The Kier molecular flexibility index (Phi) is 7.71. The third kappa shape index (κ3) is 6.00. The minimum atomic E-state index is -0.828. The Morgan fingerprint density at radius 2 is 1.87 bits per heavy atom. The molecule has 2 N–H and O–H groups in total. The number of unbranched alkanes of at least 4 members (excludes halogenated alkanes) is 1. The summed E-state index contributed by atoms with van der Waals surface area (Å²) in [7, 11) is 0. The van der Waals surface area contributed by atoms with E-state index in [-0.39, 0.29) is 18.4 Å². The Labute approximate surface area is 230 Å². The molecule has 0 radical (unpaired) electrons. The molecular weight excluding hydrogens is 516 g/mol. The molecule has 39 heavy (non-hydrogen) atoms. The Balaban J connectivity index is 1.43. The number of carbonyl (C=O) groups is 2. The van der Waals surface area contributed by atoms with Gasteiger partial charge in [-0.05, 0) is 61.7 Å². The second-order valence-electron chi connectivity index (χ2n) is 9.36. The van der Waals surface area contributed by atoms with Crippen molar-refractivity contribution in [1.82, 2.24) is 15.3 Å². The van der Waals surface area contributed by atoms with Crippen LogP contribution in [0.25, 0.3) is 22.3 Å². The molecule has 1 aliphatic rings. The molecular formula is C30H25ClN4O4. The van der Waals surface area contributed by atoms with Gasteiger partial charge in [0.25, 0.3) is 5.91 Å². The zero-order valence-corrected chi connectivity index (χ0v) is 21.7. The van der Waals surface area contributed by atoms with Gasteiger partial charge >= 0.3 is 5.97 Å². The number of aromatic nitrogens is 2. The number of hydrogen-bond donors (Lipinski definition) is 2. The van der Waals surface area contributed by atoms with E-state index in [2.05, 4.69) is 11.4 Å². The maximum atomic E-state index is 13.2. The highest BCUT2D eigenvalue weighted by Gasteiger charge is 2.24.